The maximum absolute atomic E-state index is 6.39. The van der Waals surface area contributed by atoms with Gasteiger partial charge in [0.05, 0.1) is 0 Å². The summed E-state index contributed by atoms with van der Waals surface area (Å²) in [6.07, 6.45) is 5.70. The smallest absolute Gasteiger partial charge is 0.128 e. The monoisotopic (exact) mass is 780 g/mol. The molecule has 1 atom stereocenters. The van der Waals surface area contributed by atoms with Gasteiger partial charge in [0.1, 0.15) is 11.9 Å². The van der Waals surface area contributed by atoms with E-state index in [-0.39, 0.29) is 6.10 Å². The molecule has 1 aliphatic heterocycles. The molecule has 0 saturated heterocycles. The van der Waals surface area contributed by atoms with Gasteiger partial charge in [-0.25, -0.2) is 0 Å². The van der Waals surface area contributed by atoms with Gasteiger partial charge in [0.15, 0.2) is 0 Å². The maximum atomic E-state index is 6.39. The van der Waals surface area contributed by atoms with Gasteiger partial charge < -0.3 is 4.74 Å². The first-order valence-electron chi connectivity index (χ1n) is 20.8. The van der Waals surface area contributed by atoms with Crippen molar-refractivity contribution in [2.24, 2.45) is 0 Å². The first-order chi connectivity index (χ1) is 29.8. The van der Waals surface area contributed by atoms with E-state index in [2.05, 4.69) is 200 Å². The summed E-state index contributed by atoms with van der Waals surface area (Å²) in [5.74, 6) is 0.986. The molecule has 2 heterocycles. The van der Waals surface area contributed by atoms with E-state index in [1.54, 1.807) is 0 Å². The van der Waals surface area contributed by atoms with Crippen LogP contribution in [0.5, 0.6) is 5.75 Å². The zero-order chi connectivity index (χ0) is 39.3. The van der Waals surface area contributed by atoms with Crippen molar-refractivity contribution in [3.63, 3.8) is 0 Å². The number of ether oxygens (including phenoxy) is 1. The number of allylic oxidation sites excluding steroid dienone is 2. The third-order valence-corrected chi connectivity index (χ3v) is 14.2. The molecule has 11 aromatic rings. The third-order valence-electron chi connectivity index (χ3n) is 12.9. The molecule has 1 unspecified atom stereocenters. The highest BCUT2D eigenvalue weighted by Crippen LogP contribution is 2.50. The standard InChI is InChI=1S/C58H36OS/c1-2-15-35(16-3-1)54-43-22-8-10-24-45(43)57(46-25-11-9-23-44(46)54)48-27-14-26-47-50-34-37(30-32-53(50)60-58(47)48)56-41-20-6-4-18-39(41)55(40-19-5-7-21-42(40)56)36-29-31-52-49(33-36)38-17-12-13-28-51(38)59-52/h1-30,32-34,52H,31H2. The van der Waals surface area contributed by atoms with Gasteiger partial charge in [-0.3, -0.25) is 0 Å². The normalized spacial score (nSPS) is 14.8. The summed E-state index contributed by atoms with van der Waals surface area (Å²) in [4.78, 5) is 0. The average molecular weight is 781 g/mol. The summed E-state index contributed by atoms with van der Waals surface area (Å²) >= 11 is 1.91. The van der Waals surface area contributed by atoms with Crippen LogP contribution in [-0.2, 0) is 0 Å². The number of para-hydroxylation sites is 1. The Morgan fingerprint density at radius 2 is 0.917 bits per heavy atom. The van der Waals surface area contributed by atoms with E-state index in [1.165, 1.54) is 119 Å². The van der Waals surface area contributed by atoms with Crippen LogP contribution < -0.4 is 4.74 Å². The van der Waals surface area contributed by atoms with Gasteiger partial charge in [-0.05, 0) is 106 Å². The van der Waals surface area contributed by atoms with Crippen LogP contribution in [0.25, 0.3) is 108 Å². The Morgan fingerprint density at radius 3 is 1.57 bits per heavy atom. The fourth-order valence-electron chi connectivity index (χ4n) is 10.4. The van der Waals surface area contributed by atoms with Crippen molar-refractivity contribution in [2.45, 2.75) is 12.5 Å². The van der Waals surface area contributed by atoms with Crippen molar-refractivity contribution in [1.29, 1.82) is 0 Å². The van der Waals surface area contributed by atoms with Gasteiger partial charge in [-0.15, -0.1) is 11.3 Å². The molecule has 0 N–H and O–H groups in total. The summed E-state index contributed by atoms with van der Waals surface area (Å²) < 4.78 is 9.01. The predicted octanol–water partition coefficient (Wildman–Crippen LogP) is 16.3. The van der Waals surface area contributed by atoms with Crippen LogP contribution in [-0.4, -0.2) is 6.10 Å². The Hall–Kier alpha value is -7.26. The lowest BCUT2D eigenvalue weighted by Crippen LogP contribution is -2.13. The van der Waals surface area contributed by atoms with Crippen molar-refractivity contribution >= 4 is 85.7 Å². The highest BCUT2D eigenvalue weighted by atomic mass is 32.1. The lowest BCUT2D eigenvalue weighted by molar-refractivity contribution is 0.279. The van der Waals surface area contributed by atoms with Crippen LogP contribution in [0, 0.1) is 0 Å². The number of hydrogen-bond acceptors (Lipinski definition) is 2. The highest BCUT2D eigenvalue weighted by Gasteiger charge is 2.31. The molecule has 0 saturated carbocycles. The Morgan fingerprint density at radius 1 is 0.400 bits per heavy atom. The molecule has 1 aromatic heterocycles. The van der Waals surface area contributed by atoms with Gasteiger partial charge in [0.2, 0.25) is 0 Å². The molecule has 1 aliphatic carbocycles. The lowest BCUT2D eigenvalue weighted by atomic mass is 9.82. The lowest BCUT2D eigenvalue weighted by Gasteiger charge is -2.22. The first-order valence-corrected chi connectivity index (χ1v) is 21.7. The van der Waals surface area contributed by atoms with Crippen molar-refractivity contribution in [3.8, 4) is 39.1 Å². The van der Waals surface area contributed by atoms with Crippen LogP contribution in [0.2, 0.25) is 0 Å². The second-order valence-corrected chi connectivity index (χ2v) is 17.2. The minimum Gasteiger partial charge on any atom is -0.485 e. The molecule has 60 heavy (non-hydrogen) atoms. The van der Waals surface area contributed by atoms with Gasteiger partial charge in [0.25, 0.3) is 0 Å². The molecule has 13 rings (SSSR count). The predicted molar refractivity (Wildman–Crippen MR) is 257 cm³/mol. The Bertz CT molecular complexity index is 3550. The summed E-state index contributed by atoms with van der Waals surface area (Å²) in [5.41, 5.74) is 12.7. The molecule has 1 nitrogen and oxygen atoms in total. The molecule has 2 heteroatoms. The topological polar surface area (TPSA) is 9.23 Å². The van der Waals surface area contributed by atoms with Crippen LogP contribution in [0.15, 0.2) is 200 Å². The molecular formula is C58H36OS. The SMILES string of the molecule is C1=C(c2c3ccccc3c(-c3ccc4sc5c(-c6c7ccccc7c(-c7ccccc7)c7ccccc67)cccc5c4c3)c3ccccc23)C=C2c3ccccc3OC2C1. The number of benzene rings is 10. The van der Waals surface area contributed by atoms with Crippen LogP contribution in [0.3, 0.4) is 0 Å². The molecule has 10 aromatic carbocycles. The molecule has 280 valence electrons. The Balaban J connectivity index is 1.02. The Kier molecular flexibility index (Phi) is 7.37. The third kappa shape index (κ3) is 4.92. The van der Waals surface area contributed by atoms with E-state index < -0.39 is 0 Å². The number of rotatable bonds is 4. The zero-order valence-electron chi connectivity index (χ0n) is 32.7. The van der Waals surface area contributed by atoms with Crippen molar-refractivity contribution in [2.75, 3.05) is 0 Å². The van der Waals surface area contributed by atoms with Crippen LogP contribution in [0.1, 0.15) is 17.5 Å². The fourth-order valence-corrected chi connectivity index (χ4v) is 11.6. The van der Waals surface area contributed by atoms with Gasteiger partial charge in [0, 0.05) is 43.3 Å². The van der Waals surface area contributed by atoms with E-state index in [1.807, 2.05) is 11.3 Å². The quantitative estimate of drug-likeness (QED) is 0.162. The van der Waals surface area contributed by atoms with E-state index in [0.717, 1.165) is 12.2 Å². The molecular weight excluding hydrogens is 745 g/mol. The highest BCUT2D eigenvalue weighted by molar-refractivity contribution is 7.26. The van der Waals surface area contributed by atoms with E-state index in [0.29, 0.717) is 0 Å². The average Bonchev–Trinajstić information content (AvgIpc) is 3.88. The minimum absolute atomic E-state index is 0.0710. The van der Waals surface area contributed by atoms with Gasteiger partial charge in [-0.2, -0.15) is 0 Å². The second-order valence-electron chi connectivity index (χ2n) is 16.1. The Labute approximate surface area is 351 Å². The summed E-state index contributed by atoms with van der Waals surface area (Å²) in [6, 6.07) is 69.4. The van der Waals surface area contributed by atoms with Crippen molar-refractivity contribution in [3.05, 3.63) is 211 Å². The summed E-state index contributed by atoms with van der Waals surface area (Å²) in [5, 5.41) is 12.8. The van der Waals surface area contributed by atoms with Crippen LogP contribution in [0.4, 0.5) is 0 Å². The van der Waals surface area contributed by atoms with Gasteiger partial charge >= 0.3 is 0 Å². The second kappa shape index (κ2) is 13.1. The molecule has 0 amide bonds. The zero-order valence-corrected chi connectivity index (χ0v) is 33.5. The van der Waals surface area contributed by atoms with Crippen molar-refractivity contribution < 1.29 is 4.74 Å². The largest absolute Gasteiger partial charge is 0.485 e. The summed E-state index contributed by atoms with van der Waals surface area (Å²) in [7, 11) is 0. The van der Waals surface area contributed by atoms with E-state index in [4.69, 9.17) is 4.74 Å². The first kappa shape index (κ1) is 33.7. The molecule has 0 fully saturated rings. The fraction of sp³-hybridized carbons (Fsp3) is 0.0345. The molecule has 0 spiro atoms. The summed E-state index contributed by atoms with van der Waals surface area (Å²) in [6.45, 7) is 0. The number of fused-ring (bicyclic) bond motifs is 10. The molecule has 0 radical (unpaired) electrons. The van der Waals surface area contributed by atoms with Gasteiger partial charge in [-0.1, -0.05) is 176 Å². The molecule has 0 bridgehead atoms. The van der Waals surface area contributed by atoms with E-state index in [9.17, 15) is 0 Å². The molecule has 2 aliphatic rings. The van der Waals surface area contributed by atoms with Crippen LogP contribution >= 0.6 is 11.3 Å². The van der Waals surface area contributed by atoms with E-state index >= 15 is 0 Å². The minimum atomic E-state index is 0.0710. The number of hydrogen-bond donors (Lipinski definition) is 0. The van der Waals surface area contributed by atoms with Crippen molar-refractivity contribution in [1.82, 2.24) is 0 Å². The maximum Gasteiger partial charge on any atom is 0.128 e. The number of thiophene rings is 1.